The third-order valence-corrected chi connectivity index (χ3v) is 1.52. The first kappa shape index (κ1) is 12.9. The van der Waals surface area contributed by atoms with Gasteiger partial charge in [0.15, 0.2) is 0 Å². The van der Waals surface area contributed by atoms with Gasteiger partial charge in [-0.15, -0.1) is 0 Å². The Bertz CT molecular complexity index is 200. The quantitative estimate of drug-likeness (QED) is 0.436. The normalized spacial score (nSPS) is 14.5. The van der Waals surface area contributed by atoms with Gasteiger partial charge in [-0.3, -0.25) is 4.79 Å². The van der Waals surface area contributed by atoms with E-state index in [0.29, 0.717) is 6.42 Å². The second kappa shape index (κ2) is 6.33. The van der Waals surface area contributed by atoms with E-state index in [1.54, 1.807) is 6.92 Å². The smallest absolute Gasteiger partial charge is 0.449 e. The minimum atomic E-state index is -1.68. The SMILES string of the molecule is CC(O)CCC(O)CC(=O)OC(=O)O. The molecule has 0 rings (SSSR count). The van der Waals surface area contributed by atoms with Crippen LogP contribution in [0.4, 0.5) is 4.79 Å². The molecular formula is C8H14O6. The van der Waals surface area contributed by atoms with Crippen LogP contribution in [-0.2, 0) is 9.53 Å². The van der Waals surface area contributed by atoms with E-state index < -0.39 is 24.3 Å². The summed E-state index contributed by atoms with van der Waals surface area (Å²) in [6, 6.07) is 0. The van der Waals surface area contributed by atoms with Crippen LogP contribution in [0.2, 0.25) is 0 Å². The Hall–Kier alpha value is -1.14. The van der Waals surface area contributed by atoms with Crippen LogP contribution in [0.25, 0.3) is 0 Å². The summed E-state index contributed by atoms with van der Waals surface area (Å²) in [5.41, 5.74) is 0. The molecule has 14 heavy (non-hydrogen) atoms. The standard InChI is InChI=1S/C8H14O6/c1-5(9)2-3-6(10)4-7(11)14-8(12)13/h5-6,9-10H,2-4H2,1H3,(H,12,13). The number of aliphatic hydroxyl groups is 2. The van der Waals surface area contributed by atoms with E-state index in [9.17, 15) is 14.7 Å². The fourth-order valence-electron chi connectivity index (χ4n) is 0.867. The summed E-state index contributed by atoms with van der Waals surface area (Å²) in [6.07, 6.45) is -3.01. The fourth-order valence-corrected chi connectivity index (χ4v) is 0.867. The maximum absolute atomic E-state index is 10.7. The van der Waals surface area contributed by atoms with Crippen LogP contribution in [0.1, 0.15) is 26.2 Å². The van der Waals surface area contributed by atoms with E-state index >= 15 is 0 Å². The highest BCUT2D eigenvalue weighted by Crippen LogP contribution is 2.05. The highest BCUT2D eigenvalue weighted by Gasteiger charge is 2.15. The van der Waals surface area contributed by atoms with Gasteiger partial charge in [-0.05, 0) is 19.8 Å². The third-order valence-electron chi connectivity index (χ3n) is 1.52. The molecule has 0 saturated carbocycles. The lowest BCUT2D eigenvalue weighted by Crippen LogP contribution is -2.19. The lowest BCUT2D eigenvalue weighted by Gasteiger charge is -2.09. The molecule has 6 nitrogen and oxygen atoms in total. The molecule has 0 aliphatic rings. The fraction of sp³-hybridized carbons (Fsp3) is 0.750. The minimum absolute atomic E-state index is 0.229. The lowest BCUT2D eigenvalue weighted by atomic mass is 10.1. The highest BCUT2D eigenvalue weighted by molar-refractivity contribution is 5.81. The first-order valence-electron chi connectivity index (χ1n) is 4.21. The Labute approximate surface area is 81.1 Å². The van der Waals surface area contributed by atoms with Gasteiger partial charge in [0.05, 0.1) is 18.6 Å². The first-order chi connectivity index (χ1) is 6.41. The molecule has 0 fully saturated rings. The summed E-state index contributed by atoms with van der Waals surface area (Å²) in [7, 11) is 0. The molecule has 0 radical (unpaired) electrons. The van der Waals surface area contributed by atoms with Crippen molar-refractivity contribution in [3.8, 4) is 0 Å². The summed E-state index contributed by atoms with van der Waals surface area (Å²) >= 11 is 0. The average molecular weight is 206 g/mol. The average Bonchev–Trinajstić information content (AvgIpc) is 1.98. The van der Waals surface area contributed by atoms with Crippen molar-refractivity contribution in [2.24, 2.45) is 0 Å². The molecule has 0 aromatic heterocycles. The molecule has 2 atom stereocenters. The van der Waals surface area contributed by atoms with Gasteiger partial charge in [-0.1, -0.05) is 0 Å². The Morgan fingerprint density at radius 1 is 1.29 bits per heavy atom. The second-order valence-electron chi connectivity index (χ2n) is 3.02. The predicted octanol–water partition coefficient (Wildman–Crippen LogP) is 0.120. The number of hydrogen-bond donors (Lipinski definition) is 3. The summed E-state index contributed by atoms with van der Waals surface area (Å²) in [6.45, 7) is 1.56. The maximum Gasteiger partial charge on any atom is 0.513 e. The number of carbonyl (C=O) groups excluding carboxylic acids is 1. The van der Waals surface area contributed by atoms with E-state index in [-0.39, 0.29) is 12.8 Å². The number of rotatable bonds is 5. The largest absolute Gasteiger partial charge is 0.513 e. The van der Waals surface area contributed by atoms with Crippen LogP contribution in [0.3, 0.4) is 0 Å². The van der Waals surface area contributed by atoms with E-state index in [0.717, 1.165) is 0 Å². The van der Waals surface area contributed by atoms with Gasteiger partial charge in [0.1, 0.15) is 0 Å². The molecule has 3 N–H and O–H groups in total. The van der Waals surface area contributed by atoms with Crippen molar-refractivity contribution in [3.05, 3.63) is 0 Å². The predicted molar refractivity (Wildman–Crippen MR) is 45.7 cm³/mol. The summed E-state index contributed by atoms with van der Waals surface area (Å²) < 4.78 is 3.78. The van der Waals surface area contributed by atoms with E-state index in [1.807, 2.05) is 0 Å². The van der Waals surface area contributed by atoms with Crippen LogP contribution in [0.5, 0.6) is 0 Å². The van der Waals surface area contributed by atoms with Crippen molar-refractivity contribution in [2.45, 2.75) is 38.4 Å². The van der Waals surface area contributed by atoms with Crippen LogP contribution in [0.15, 0.2) is 0 Å². The third kappa shape index (κ3) is 7.51. The molecule has 6 heteroatoms. The van der Waals surface area contributed by atoms with Crippen molar-refractivity contribution in [3.63, 3.8) is 0 Å². The number of hydrogen-bond acceptors (Lipinski definition) is 5. The zero-order valence-electron chi connectivity index (χ0n) is 7.84. The van der Waals surface area contributed by atoms with Gasteiger partial charge in [0.25, 0.3) is 0 Å². The van der Waals surface area contributed by atoms with Gasteiger partial charge in [0.2, 0.25) is 0 Å². The summed E-state index contributed by atoms with van der Waals surface area (Å²) in [4.78, 5) is 20.6. The molecule has 2 unspecified atom stereocenters. The van der Waals surface area contributed by atoms with Crippen molar-refractivity contribution in [1.82, 2.24) is 0 Å². The van der Waals surface area contributed by atoms with Crippen LogP contribution in [-0.4, -0.2) is 39.7 Å². The van der Waals surface area contributed by atoms with E-state index in [1.165, 1.54) is 0 Å². The first-order valence-corrected chi connectivity index (χ1v) is 4.21. The van der Waals surface area contributed by atoms with Crippen molar-refractivity contribution in [2.75, 3.05) is 0 Å². The van der Waals surface area contributed by atoms with Crippen molar-refractivity contribution in [1.29, 1.82) is 0 Å². The molecule has 0 aliphatic heterocycles. The summed E-state index contributed by atoms with van der Waals surface area (Å²) in [5, 5.41) is 26.1. The van der Waals surface area contributed by atoms with Gasteiger partial charge >= 0.3 is 12.1 Å². The minimum Gasteiger partial charge on any atom is -0.449 e. The molecule has 0 aromatic rings. The topological polar surface area (TPSA) is 104 Å². The van der Waals surface area contributed by atoms with E-state index in [4.69, 9.17) is 10.2 Å². The van der Waals surface area contributed by atoms with Crippen molar-refractivity contribution >= 4 is 12.1 Å². The number of ether oxygens (including phenoxy) is 1. The Balaban J connectivity index is 3.65. The van der Waals surface area contributed by atoms with Gasteiger partial charge in [-0.25, -0.2) is 4.79 Å². The van der Waals surface area contributed by atoms with Crippen LogP contribution >= 0.6 is 0 Å². The molecule has 82 valence electrons. The molecule has 0 heterocycles. The molecule has 0 aromatic carbocycles. The molecule has 0 amide bonds. The Kier molecular flexibility index (Phi) is 5.82. The second-order valence-corrected chi connectivity index (χ2v) is 3.02. The monoisotopic (exact) mass is 206 g/mol. The van der Waals surface area contributed by atoms with E-state index in [2.05, 4.69) is 4.74 Å². The van der Waals surface area contributed by atoms with Gasteiger partial charge in [0, 0.05) is 0 Å². The van der Waals surface area contributed by atoms with Gasteiger partial charge < -0.3 is 20.1 Å². The lowest BCUT2D eigenvalue weighted by molar-refractivity contribution is -0.141. The molecule has 0 saturated heterocycles. The Morgan fingerprint density at radius 3 is 2.29 bits per heavy atom. The highest BCUT2D eigenvalue weighted by atomic mass is 16.7. The Morgan fingerprint density at radius 2 is 1.86 bits per heavy atom. The molecule has 0 aliphatic carbocycles. The van der Waals surface area contributed by atoms with Crippen LogP contribution in [0, 0.1) is 0 Å². The number of carbonyl (C=O) groups is 2. The number of aliphatic hydroxyl groups excluding tert-OH is 2. The van der Waals surface area contributed by atoms with Crippen molar-refractivity contribution < 1.29 is 29.6 Å². The number of carboxylic acid groups (broad SMARTS) is 1. The molecule has 0 spiro atoms. The molecular weight excluding hydrogens is 192 g/mol. The van der Waals surface area contributed by atoms with Crippen LogP contribution < -0.4 is 0 Å². The zero-order valence-corrected chi connectivity index (χ0v) is 7.84. The summed E-state index contributed by atoms with van der Waals surface area (Å²) in [5.74, 6) is -0.990. The molecule has 0 bridgehead atoms. The van der Waals surface area contributed by atoms with Gasteiger partial charge in [-0.2, -0.15) is 0 Å². The zero-order chi connectivity index (χ0) is 11.1. The maximum atomic E-state index is 10.7. The number of esters is 1.